The molecule has 0 aliphatic rings. The topological polar surface area (TPSA) is 69.5 Å². The number of aromatic amines is 1. The van der Waals surface area contributed by atoms with E-state index in [0.29, 0.717) is 0 Å². The van der Waals surface area contributed by atoms with Crippen molar-refractivity contribution in [2.75, 3.05) is 0 Å². The summed E-state index contributed by atoms with van der Waals surface area (Å²) >= 11 is 0. The highest BCUT2D eigenvalue weighted by atomic mass is 19.4. The monoisotopic (exact) mass is 281 g/mol. The Morgan fingerprint density at radius 1 is 1.35 bits per heavy atom. The summed E-state index contributed by atoms with van der Waals surface area (Å²) in [7, 11) is 0. The van der Waals surface area contributed by atoms with Gasteiger partial charge in [0.2, 0.25) is 0 Å². The number of halogens is 3. The minimum atomic E-state index is -4.66. The lowest BCUT2D eigenvalue weighted by Gasteiger charge is -2.14. The Labute approximate surface area is 111 Å². The van der Waals surface area contributed by atoms with Gasteiger partial charge in [0.15, 0.2) is 0 Å². The molecule has 0 fully saturated rings. The van der Waals surface area contributed by atoms with Crippen molar-refractivity contribution in [3.8, 4) is 6.07 Å². The number of alkyl halides is 3. The predicted molar refractivity (Wildman–Crippen MR) is 66.2 cm³/mol. The van der Waals surface area contributed by atoms with Gasteiger partial charge >= 0.3 is 6.18 Å². The second-order valence-corrected chi connectivity index (χ2v) is 4.61. The molecule has 104 valence electrons. The van der Waals surface area contributed by atoms with E-state index in [1.807, 2.05) is 0 Å². The van der Waals surface area contributed by atoms with E-state index >= 15 is 0 Å². The number of nitriles is 1. The molecule has 1 aromatic carbocycles. The average molecular weight is 281 g/mol. The van der Waals surface area contributed by atoms with Gasteiger partial charge in [-0.15, -0.1) is 0 Å². The Kier molecular flexibility index (Phi) is 3.26. The van der Waals surface area contributed by atoms with Crippen molar-refractivity contribution in [1.82, 2.24) is 10.2 Å². The third kappa shape index (κ3) is 2.13. The molecule has 0 aliphatic heterocycles. The van der Waals surface area contributed by atoms with Crippen LogP contribution in [0.1, 0.15) is 36.6 Å². The zero-order valence-corrected chi connectivity index (χ0v) is 10.7. The van der Waals surface area contributed by atoms with Gasteiger partial charge in [-0.3, -0.25) is 4.79 Å². The van der Waals surface area contributed by atoms with E-state index < -0.39 is 22.9 Å². The zero-order valence-electron chi connectivity index (χ0n) is 10.7. The molecule has 0 aliphatic carbocycles. The van der Waals surface area contributed by atoms with Gasteiger partial charge < -0.3 is 0 Å². The smallest absolute Gasteiger partial charge is 0.267 e. The Balaban J connectivity index is 3.04. The van der Waals surface area contributed by atoms with Crippen LogP contribution in [0.5, 0.6) is 0 Å². The number of hydrogen-bond acceptors (Lipinski definition) is 3. The number of nitrogens with zero attached hydrogens (tertiary/aromatic N) is 2. The lowest BCUT2D eigenvalue weighted by atomic mass is 9.95. The molecule has 0 saturated heterocycles. The highest BCUT2D eigenvalue weighted by Crippen LogP contribution is 2.36. The molecular formula is C13H10F3N3O. The molecule has 1 N–H and O–H groups in total. The van der Waals surface area contributed by atoms with Crippen LogP contribution >= 0.6 is 0 Å². The summed E-state index contributed by atoms with van der Waals surface area (Å²) in [5, 5.41) is 15.1. The van der Waals surface area contributed by atoms with E-state index in [4.69, 9.17) is 5.26 Å². The van der Waals surface area contributed by atoms with Crippen LogP contribution in [0.3, 0.4) is 0 Å². The molecule has 0 saturated carbocycles. The number of rotatable bonds is 1. The first-order valence-corrected chi connectivity index (χ1v) is 5.80. The van der Waals surface area contributed by atoms with Crippen molar-refractivity contribution in [2.45, 2.75) is 25.9 Å². The minimum absolute atomic E-state index is 0.0268. The number of aromatic nitrogens is 2. The third-order valence-electron chi connectivity index (χ3n) is 2.95. The van der Waals surface area contributed by atoms with Gasteiger partial charge in [0.05, 0.1) is 22.2 Å². The number of hydrogen-bond donors (Lipinski definition) is 1. The van der Waals surface area contributed by atoms with Gasteiger partial charge in [-0.1, -0.05) is 13.8 Å². The molecule has 0 radical (unpaired) electrons. The fraction of sp³-hybridized carbons (Fsp3) is 0.308. The van der Waals surface area contributed by atoms with E-state index in [9.17, 15) is 18.0 Å². The molecule has 1 heterocycles. The van der Waals surface area contributed by atoms with Crippen molar-refractivity contribution in [3.63, 3.8) is 0 Å². The largest absolute Gasteiger partial charge is 0.417 e. The summed E-state index contributed by atoms with van der Waals surface area (Å²) in [6, 6.07) is 3.38. The number of H-pyrrole nitrogens is 1. The Hall–Kier alpha value is -2.36. The number of nitrogens with one attached hydrogen (secondary N) is 1. The lowest BCUT2D eigenvalue weighted by molar-refractivity contribution is -0.137. The minimum Gasteiger partial charge on any atom is -0.267 e. The molecule has 0 atom stereocenters. The number of benzene rings is 1. The maximum atomic E-state index is 12.9. The van der Waals surface area contributed by atoms with Gasteiger partial charge in [-0.05, 0) is 18.1 Å². The third-order valence-corrected chi connectivity index (χ3v) is 2.95. The number of fused-ring (bicyclic) bond motifs is 1. The van der Waals surface area contributed by atoms with Gasteiger partial charge in [-0.2, -0.15) is 23.5 Å². The molecule has 1 aromatic heterocycles. The summed E-state index contributed by atoms with van der Waals surface area (Å²) in [4.78, 5) is 11.7. The molecule has 2 rings (SSSR count). The Morgan fingerprint density at radius 3 is 2.50 bits per heavy atom. The maximum Gasteiger partial charge on any atom is 0.417 e. The first-order valence-electron chi connectivity index (χ1n) is 5.80. The molecule has 20 heavy (non-hydrogen) atoms. The van der Waals surface area contributed by atoms with E-state index in [2.05, 4.69) is 10.2 Å². The van der Waals surface area contributed by atoms with Crippen molar-refractivity contribution in [2.24, 2.45) is 0 Å². The maximum absolute atomic E-state index is 12.9. The van der Waals surface area contributed by atoms with Crippen LogP contribution < -0.4 is 5.56 Å². The van der Waals surface area contributed by atoms with E-state index in [-0.39, 0.29) is 22.4 Å². The van der Waals surface area contributed by atoms with Gasteiger partial charge in [-0.25, -0.2) is 5.10 Å². The molecule has 4 nitrogen and oxygen atoms in total. The molecule has 0 spiro atoms. The molecule has 7 heteroatoms. The van der Waals surface area contributed by atoms with Crippen molar-refractivity contribution in [3.05, 3.63) is 39.3 Å². The zero-order chi connectivity index (χ0) is 15.1. The Morgan fingerprint density at radius 2 is 2.00 bits per heavy atom. The van der Waals surface area contributed by atoms with Crippen LogP contribution in [0.4, 0.5) is 13.2 Å². The second kappa shape index (κ2) is 4.63. The summed E-state index contributed by atoms with van der Waals surface area (Å²) < 4.78 is 38.8. The second-order valence-electron chi connectivity index (χ2n) is 4.61. The highest BCUT2D eigenvalue weighted by Gasteiger charge is 2.35. The van der Waals surface area contributed by atoms with Crippen LogP contribution in [-0.2, 0) is 6.18 Å². The van der Waals surface area contributed by atoms with Crippen molar-refractivity contribution in [1.29, 1.82) is 5.26 Å². The lowest BCUT2D eigenvalue weighted by Crippen LogP contribution is -2.15. The van der Waals surface area contributed by atoms with E-state index in [0.717, 1.165) is 12.1 Å². The Bertz CT molecular complexity index is 769. The quantitative estimate of drug-likeness (QED) is 0.873. The van der Waals surface area contributed by atoms with Gasteiger partial charge in [0, 0.05) is 5.39 Å². The summed E-state index contributed by atoms with van der Waals surface area (Å²) in [5.74, 6) is -0.232. The first-order chi connectivity index (χ1) is 9.27. The van der Waals surface area contributed by atoms with Crippen LogP contribution in [0.15, 0.2) is 16.9 Å². The molecule has 0 bridgehead atoms. The van der Waals surface area contributed by atoms with Crippen molar-refractivity contribution >= 4 is 10.8 Å². The van der Waals surface area contributed by atoms with E-state index in [1.54, 1.807) is 19.9 Å². The standard InChI is InChI=1S/C13H10F3N3O/c1-6(2)11-10-7(12(20)19-18-11)3-4-9(8(10)5-17)13(14,15)16/h3-4,6H,1-2H3,(H,19,20). The van der Waals surface area contributed by atoms with Gasteiger partial charge in [0.1, 0.15) is 6.07 Å². The van der Waals surface area contributed by atoms with E-state index in [1.165, 1.54) is 0 Å². The fourth-order valence-corrected chi connectivity index (χ4v) is 2.06. The van der Waals surface area contributed by atoms with Crippen LogP contribution in [0.25, 0.3) is 10.8 Å². The molecule has 0 unspecified atom stereocenters. The molecular weight excluding hydrogens is 271 g/mol. The van der Waals surface area contributed by atoms with Gasteiger partial charge in [0.25, 0.3) is 5.56 Å². The van der Waals surface area contributed by atoms with Crippen LogP contribution in [0.2, 0.25) is 0 Å². The SMILES string of the molecule is CC(C)c1n[nH]c(=O)c2ccc(C(F)(F)F)c(C#N)c12. The summed E-state index contributed by atoms with van der Waals surface area (Å²) in [6.07, 6.45) is -4.66. The van der Waals surface area contributed by atoms with Crippen LogP contribution in [0, 0.1) is 11.3 Å². The van der Waals surface area contributed by atoms with Crippen LogP contribution in [-0.4, -0.2) is 10.2 Å². The summed E-state index contributed by atoms with van der Waals surface area (Å²) in [5.41, 5.74) is -1.96. The van der Waals surface area contributed by atoms with Crippen molar-refractivity contribution < 1.29 is 13.2 Å². The normalized spacial score (nSPS) is 11.8. The summed E-state index contributed by atoms with van der Waals surface area (Å²) in [6.45, 7) is 3.45. The average Bonchev–Trinajstić information content (AvgIpc) is 2.36. The predicted octanol–water partition coefficient (Wildman–Crippen LogP) is 2.94. The first kappa shape index (κ1) is 14.1. The highest BCUT2D eigenvalue weighted by molar-refractivity contribution is 5.90. The molecule has 2 aromatic rings. The fourth-order valence-electron chi connectivity index (χ4n) is 2.06. The molecule has 0 amide bonds.